The number of amides is 3. The smallest absolute Gasteiger partial charge is 0.265 e. The number of nitrogens with one attached hydrogen (secondary N) is 1. The molecule has 0 aromatic heterocycles. The highest BCUT2D eigenvalue weighted by atomic mass is 79.9. The molecule has 6 nitrogen and oxygen atoms in total. The van der Waals surface area contributed by atoms with E-state index in [1.807, 2.05) is 19.1 Å². The van der Waals surface area contributed by atoms with Crippen molar-refractivity contribution in [3.05, 3.63) is 57.6 Å². The maximum Gasteiger partial charge on any atom is 0.265 e. The second kappa shape index (κ2) is 6.92. The number of ether oxygens (including phenoxy) is 1. The third-order valence-corrected chi connectivity index (χ3v) is 4.74. The Kier molecular flexibility index (Phi) is 4.82. The lowest BCUT2D eigenvalue weighted by molar-refractivity contribution is -0.122. The average molecular weight is 417 g/mol. The van der Waals surface area contributed by atoms with Gasteiger partial charge in [0.1, 0.15) is 5.75 Å². The normalized spacial score (nSPS) is 14.2. The van der Waals surface area contributed by atoms with Crippen molar-refractivity contribution in [2.24, 2.45) is 0 Å². The van der Waals surface area contributed by atoms with E-state index in [1.54, 1.807) is 19.1 Å². The van der Waals surface area contributed by atoms with Gasteiger partial charge in [-0.1, -0.05) is 6.07 Å². The van der Waals surface area contributed by atoms with Crippen LogP contribution in [0.4, 0.5) is 5.69 Å². The van der Waals surface area contributed by atoms with E-state index in [-0.39, 0.29) is 23.3 Å². The Morgan fingerprint density at radius 2 is 1.81 bits per heavy atom. The molecule has 134 valence electrons. The number of rotatable bonds is 4. The third kappa shape index (κ3) is 3.35. The van der Waals surface area contributed by atoms with E-state index in [0.717, 1.165) is 14.9 Å². The molecule has 0 aliphatic carbocycles. The minimum absolute atomic E-state index is 0.283. The topological polar surface area (TPSA) is 75.7 Å². The SMILES string of the molecule is Cc1ccc(O[C@H](C)C(=O)Nc2ccc3c(c2)C(=O)N(C)C3=O)c(Br)c1. The quantitative estimate of drug-likeness (QED) is 0.774. The van der Waals surface area contributed by atoms with Gasteiger partial charge < -0.3 is 10.1 Å². The Hall–Kier alpha value is -2.67. The fraction of sp³-hybridized carbons (Fsp3) is 0.211. The molecule has 0 bridgehead atoms. The number of halogens is 1. The van der Waals surface area contributed by atoms with E-state index in [1.165, 1.54) is 19.2 Å². The Morgan fingerprint density at radius 3 is 2.50 bits per heavy atom. The van der Waals surface area contributed by atoms with Crippen molar-refractivity contribution in [2.75, 3.05) is 12.4 Å². The molecular weight excluding hydrogens is 400 g/mol. The van der Waals surface area contributed by atoms with Gasteiger partial charge in [-0.05, 0) is 65.7 Å². The molecule has 0 unspecified atom stereocenters. The molecule has 1 aliphatic rings. The predicted octanol–water partition coefficient (Wildman–Crippen LogP) is 3.39. The van der Waals surface area contributed by atoms with Gasteiger partial charge in [0.2, 0.25) is 0 Å². The molecule has 0 fully saturated rings. The Balaban J connectivity index is 1.72. The number of nitrogens with zero attached hydrogens (tertiary/aromatic N) is 1. The predicted molar refractivity (Wildman–Crippen MR) is 100 cm³/mol. The largest absolute Gasteiger partial charge is 0.480 e. The van der Waals surface area contributed by atoms with Gasteiger partial charge in [-0.2, -0.15) is 0 Å². The molecule has 0 spiro atoms. The van der Waals surface area contributed by atoms with Crippen LogP contribution in [-0.2, 0) is 4.79 Å². The number of anilines is 1. The van der Waals surface area contributed by atoms with Crippen LogP contribution in [0, 0.1) is 6.92 Å². The van der Waals surface area contributed by atoms with Crippen molar-refractivity contribution in [1.82, 2.24) is 4.90 Å². The summed E-state index contributed by atoms with van der Waals surface area (Å²) in [6, 6.07) is 10.2. The van der Waals surface area contributed by atoms with Crippen LogP contribution in [-0.4, -0.2) is 35.8 Å². The van der Waals surface area contributed by atoms with Gasteiger partial charge in [-0.3, -0.25) is 19.3 Å². The van der Waals surface area contributed by atoms with Gasteiger partial charge >= 0.3 is 0 Å². The first-order valence-corrected chi connectivity index (χ1v) is 8.77. The summed E-state index contributed by atoms with van der Waals surface area (Å²) in [4.78, 5) is 37.4. The van der Waals surface area contributed by atoms with E-state index in [0.29, 0.717) is 17.0 Å². The zero-order valence-electron chi connectivity index (χ0n) is 14.5. The van der Waals surface area contributed by atoms with Gasteiger partial charge in [0.05, 0.1) is 15.6 Å². The zero-order valence-corrected chi connectivity index (χ0v) is 16.1. The first kappa shape index (κ1) is 18.1. The number of benzene rings is 2. The van der Waals surface area contributed by atoms with Crippen LogP contribution in [0.5, 0.6) is 5.75 Å². The third-order valence-electron chi connectivity index (χ3n) is 4.12. The van der Waals surface area contributed by atoms with Gasteiger partial charge in [-0.15, -0.1) is 0 Å². The summed E-state index contributed by atoms with van der Waals surface area (Å²) in [7, 11) is 1.43. The van der Waals surface area contributed by atoms with Gasteiger partial charge in [0.25, 0.3) is 17.7 Å². The van der Waals surface area contributed by atoms with Crippen LogP contribution in [0.1, 0.15) is 33.2 Å². The highest BCUT2D eigenvalue weighted by Gasteiger charge is 2.32. The summed E-state index contributed by atoms with van der Waals surface area (Å²) in [5.74, 6) is -0.519. The summed E-state index contributed by atoms with van der Waals surface area (Å²) in [6.07, 6.45) is -0.748. The van der Waals surface area contributed by atoms with E-state index in [9.17, 15) is 14.4 Å². The van der Waals surface area contributed by atoms with Crippen LogP contribution in [0.2, 0.25) is 0 Å². The highest BCUT2D eigenvalue weighted by Crippen LogP contribution is 2.27. The molecular formula is C19H17BrN2O4. The number of aryl methyl sites for hydroxylation is 1. The summed E-state index contributed by atoms with van der Waals surface area (Å²) >= 11 is 3.41. The Labute approximate surface area is 159 Å². The zero-order chi connectivity index (χ0) is 19.0. The number of imide groups is 1. The van der Waals surface area contributed by atoms with E-state index < -0.39 is 6.10 Å². The van der Waals surface area contributed by atoms with Crippen molar-refractivity contribution in [3.8, 4) is 5.75 Å². The first-order chi connectivity index (χ1) is 12.3. The molecule has 1 heterocycles. The fourth-order valence-corrected chi connectivity index (χ4v) is 3.22. The molecule has 0 saturated heterocycles. The Bertz CT molecular complexity index is 926. The summed E-state index contributed by atoms with van der Waals surface area (Å²) in [5.41, 5.74) is 2.13. The summed E-state index contributed by atoms with van der Waals surface area (Å²) in [6.45, 7) is 3.60. The molecule has 1 aliphatic heterocycles. The molecule has 2 aromatic rings. The van der Waals surface area contributed by atoms with Gasteiger partial charge in [0.15, 0.2) is 6.10 Å². The number of fused-ring (bicyclic) bond motifs is 1. The number of carbonyl (C=O) groups is 3. The summed E-state index contributed by atoms with van der Waals surface area (Å²) in [5, 5.41) is 2.71. The lowest BCUT2D eigenvalue weighted by Crippen LogP contribution is -2.30. The first-order valence-electron chi connectivity index (χ1n) is 7.98. The van der Waals surface area contributed by atoms with Crippen molar-refractivity contribution >= 4 is 39.3 Å². The van der Waals surface area contributed by atoms with E-state index in [2.05, 4.69) is 21.2 Å². The number of hydrogen-bond acceptors (Lipinski definition) is 4. The highest BCUT2D eigenvalue weighted by molar-refractivity contribution is 9.10. The number of hydrogen-bond donors (Lipinski definition) is 1. The second-order valence-electron chi connectivity index (χ2n) is 6.11. The second-order valence-corrected chi connectivity index (χ2v) is 6.97. The molecule has 3 rings (SSSR count). The molecule has 1 atom stereocenters. The van der Waals surface area contributed by atoms with Crippen LogP contribution in [0.25, 0.3) is 0 Å². The van der Waals surface area contributed by atoms with E-state index in [4.69, 9.17) is 4.74 Å². The van der Waals surface area contributed by atoms with Gasteiger partial charge in [0, 0.05) is 12.7 Å². The van der Waals surface area contributed by atoms with E-state index >= 15 is 0 Å². The van der Waals surface area contributed by atoms with Gasteiger partial charge in [-0.25, -0.2) is 0 Å². The molecule has 1 N–H and O–H groups in total. The molecule has 7 heteroatoms. The lowest BCUT2D eigenvalue weighted by Gasteiger charge is -2.16. The van der Waals surface area contributed by atoms with Crippen molar-refractivity contribution in [2.45, 2.75) is 20.0 Å². The molecule has 26 heavy (non-hydrogen) atoms. The number of carbonyl (C=O) groups excluding carboxylic acids is 3. The fourth-order valence-electron chi connectivity index (χ4n) is 2.63. The molecule has 2 aromatic carbocycles. The monoisotopic (exact) mass is 416 g/mol. The lowest BCUT2D eigenvalue weighted by atomic mass is 10.1. The Morgan fingerprint density at radius 1 is 1.12 bits per heavy atom. The molecule has 3 amide bonds. The minimum atomic E-state index is -0.748. The average Bonchev–Trinajstić information content (AvgIpc) is 2.81. The molecule has 0 radical (unpaired) electrons. The molecule has 0 saturated carbocycles. The van der Waals surface area contributed by atoms with Crippen LogP contribution < -0.4 is 10.1 Å². The van der Waals surface area contributed by atoms with Crippen molar-refractivity contribution in [1.29, 1.82) is 0 Å². The summed E-state index contributed by atoms with van der Waals surface area (Å²) < 4.78 is 6.46. The minimum Gasteiger partial charge on any atom is -0.480 e. The maximum absolute atomic E-state index is 12.4. The van der Waals surface area contributed by atoms with Crippen LogP contribution in [0.15, 0.2) is 40.9 Å². The van der Waals surface area contributed by atoms with Crippen molar-refractivity contribution in [3.63, 3.8) is 0 Å². The van der Waals surface area contributed by atoms with Crippen LogP contribution >= 0.6 is 15.9 Å². The van der Waals surface area contributed by atoms with Crippen molar-refractivity contribution < 1.29 is 19.1 Å². The van der Waals surface area contributed by atoms with Crippen LogP contribution in [0.3, 0.4) is 0 Å². The maximum atomic E-state index is 12.4. The standard InChI is InChI=1S/C19H17BrN2O4/c1-10-4-7-16(15(20)8-10)26-11(2)17(23)21-12-5-6-13-14(9-12)19(25)22(3)18(13)24/h4-9,11H,1-3H3,(H,21,23)/t11-/m1/s1.